The Morgan fingerprint density at radius 3 is 2.56 bits per heavy atom. The number of carboxylic acid groups (broad SMARTS) is 1. The van der Waals surface area contributed by atoms with Gasteiger partial charge in [-0.1, -0.05) is 6.92 Å². The molecule has 0 saturated carbocycles. The zero-order valence-electron chi connectivity index (χ0n) is 9.83. The van der Waals surface area contributed by atoms with Crippen LogP contribution in [0.25, 0.3) is 0 Å². The smallest absolute Gasteiger partial charge is 0.303 e. The molecule has 0 heterocycles. The van der Waals surface area contributed by atoms with E-state index < -0.39 is 5.97 Å². The summed E-state index contributed by atoms with van der Waals surface area (Å²) in [6.07, 6.45) is 2.52. The Morgan fingerprint density at radius 1 is 1.19 bits per heavy atom. The predicted molar refractivity (Wildman–Crippen MR) is 60.2 cm³/mol. The van der Waals surface area contributed by atoms with Crippen molar-refractivity contribution in [3.63, 3.8) is 0 Å². The lowest BCUT2D eigenvalue weighted by Crippen LogP contribution is -2.25. The second kappa shape index (κ2) is 10.4. The first-order valence-electron chi connectivity index (χ1n) is 5.73. The summed E-state index contributed by atoms with van der Waals surface area (Å²) in [4.78, 5) is 21.4. The summed E-state index contributed by atoms with van der Waals surface area (Å²) in [7, 11) is 0. The third kappa shape index (κ3) is 11.0. The van der Waals surface area contributed by atoms with Gasteiger partial charge >= 0.3 is 5.97 Å². The highest BCUT2D eigenvalue weighted by atomic mass is 16.5. The second-order valence-corrected chi connectivity index (χ2v) is 3.56. The number of rotatable bonds is 10. The molecule has 0 aliphatic carbocycles. The van der Waals surface area contributed by atoms with E-state index in [1.165, 1.54) is 0 Å². The minimum Gasteiger partial charge on any atom is -0.481 e. The molecule has 0 aromatic heterocycles. The quantitative estimate of drug-likeness (QED) is 0.553. The summed E-state index contributed by atoms with van der Waals surface area (Å²) in [6, 6.07) is 0. The summed E-state index contributed by atoms with van der Waals surface area (Å²) in [5, 5.41) is 11.1. The Morgan fingerprint density at radius 2 is 1.94 bits per heavy atom. The van der Waals surface area contributed by atoms with Gasteiger partial charge in [0.15, 0.2) is 0 Å². The zero-order valence-corrected chi connectivity index (χ0v) is 9.83. The van der Waals surface area contributed by atoms with Gasteiger partial charge in [-0.25, -0.2) is 0 Å². The van der Waals surface area contributed by atoms with E-state index in [0.717, 1.165) is 19.4 Å². The van der Waals surface area contributed by atoms with Crippen LogP contribution >= 0.6 is 0 Å². The fourth-order valence-corrected chi connectivity index (χ4v) is 1.14. The summed E-state index contributed by atoms with van der Waals surface area (Å²) >= 11 is 0. The van der Waals surface area contributed by atoms with Crippen molar-refractivity contribution in [2.75, 3.05) is 19.8 Å². The van der Waals surface area contributed by atoms with Gasteiger partial charge in [-0.15, -0.1) is 0 Å². The fraction of sp³-hybridized carbons (Fsp3) is 0.818. The third-order valence-corrected chi connectivity index (χ3v) is 1.93. The number of carboxylic acids is 1. The molecule has 0 saturated heterocycles. The van der Waals surface area contributed by atoms with Crippen LogP contribution in [-0.4, -0.2) is 36.7 Å². The van der Waals surface area contributed by atoms with Gasteiger partial charge in [0.25, 0.3) is 0 Å². The summed E-state index contributed by atoms with van der Waals surface area (Å²) < 4.78 is 5.25. The second-order valence-electron chi connectivity index (χ2n) is 3.56. The van der Waals surface area contributed by atoms with Crippen molar-refractivity contribution in [1.82, 2.24) is 5.32 Å². The molecule has 0 spiro atoms. The van der Waals surface area contributed by atoms with E-state index >= 15 is 0 Å². The van der Waals surface area contributed by atoms with Crippen LogP contribution in [0.5, 0.6) is 0 Å². The van der Waals surface area contributed by atoms with Crippen LogP contribution in [0.3, 0.4) is 0 Å². The topological polar surface area (TPSA) is 75.6 Å². The molecule has 5 heteroatoms. The van der Waals surface area contributed by atoms with Crippen LogP contribution in [0.1, 0.15) is 39.0 Å². The number of carbonyl (C=O) groups excluding carboxylic acids is 1. The SMILES string of the molecule is CCCOCCCNC(=O)CCCC(=O)O. The van der Waals surface area contributed by atoms with E-state index in [4.69, 9.17) is 9.84 Å². The summed E-state index contributed by atoms with van der Waals surface area (Å²) in [5.74, 6) is -0.947. The van der Waals surface area contributed by atoms with Crippen molar-refractivity contribution < 1.29 is 19.4 Å². The number of hydrogen-bond acceptors (Lipinski definition) is 3. The summed E-state index contributed by atoms with van der Waals surface area (Å²) in [5.41, 5.74) is 0. The van der Waals surface area contributed by atoms with E-state index in [-0.39, 0.29) is 18.7 Å². The van der Waals surface area contributed by atoms with Crippen LogP contribution in [0.15, 0.2) is 0 Å². The van der Waals surface area contributed by atoms with Crippen LogP contribution < -0.4 is 5.32 Å². The number of ether oxygens (including phenoxy) is 1. The maximum atomic E-state index is 11.2. The molecule has 2 N–H and O–H groups in total. The molecule has 0 bridgehead atoms. The van der Waals surface area contributed by atoms with Crippen molar-refractivity contribution in [3.05, 3.63) is 0 Å². The number of carbonyl (C=O) groups is 2. The average molecular weight is 231 g/mol. The van der Waals surface area contributed by atoms with E-state index in [1.807, 2.05) is 6.92 Å². The minimum atomic E-state index is -0.860. The molecule has 0 aromatic carbocycles. The van der Waals surface area contributed by atoms with E-state index in [9.17, 15) is 9.59 Å². The van der Waals surface area contributed by atoms with E-state index in [0.29, 0.717) is 19.6 Å². The van der Waals surface area contributed by atoms with Crippen LogP contribution in [0.2, 0.25) is 0 Å². The maximum Gasteiger partial charge on any atom is 0.303 e. The molecule has 0 rings (SSSR count). The molecule has 0 atom stereocenters. The molecule has 0 aromatic rings. The minimum absolute atomic E-state index is 0.0486. The van der Waals surface area contributed by atoms with Crippen molar-refractivity contribution in [2.24, 2.45) is 0 Å². The Balaban J connectivity index is 3.20. The lowest BCUT2D eigenvalue weighted by molar-refractivity contribution is -0.137. The molecular formula is C11H21NO4. The van der Waals surface area contributed by atoms with Gasteiger partial charge in [0, 0.05) is 32.6 Å². The largest absolute Gasteiger partial charge is 0.481 e. The standard InChI is InChI=1S/C11H21NO4/c1-2-8-16-9-4-7-12-10(13)5-3-6-11(14)15/h2-9H2,1H3,(H,12,13)(H,14,15). The van der Waals surface area contributed by atoms with E-state index in [2.05, 4.69) is 5.32 Å². The number of aliphatic carboxylic acids is 1. The molecular weight excluding hydrogens is 210 g/mol. The Labute approximate surface area is 96.2 Å². The van der Waals surface area contributed by atoms with Crippen molar-refractivity contribution >= 4 is 11.9 Å². The van der Waals surface area contributed by atoms with Gasteiger partial charge in [-0.3, -0.25) is 9.59 Å². The lowest BCUT2D eigenvalue weighted by atomic mass is 10.2. The molecule has 0 fully saturated rings. The van der Waals surface area contributed by atoms with E-state index in [1.54, 1.807) is 0 Å². The first-order chi connectivity index (χ1) is 7.66. The maximum absolute atomic E-state index is 11.2. The first kappa shape index (κ1) is 14.9. The van der Waals surface area contributed by atoms with Gasteiger partial charge < -0.3 is 15.2 Å². The molecule has 0 aliphatic rings. The zero-order chi connectivity index (χ0) is 12.2. The van der Waals surface area contributed by atoms with Gasteiger partial charge in [0.1, 0.15) is 0 Å². The van der Waals surface area contributed by atoms with Crippen LogP contribution in [0.4, 0.5) is 0 Å². The monoisotopic (exact) mass is 231 g/mol. The molecule has 1 amide bonds. The normalized spacial score (nSPS) is 10.1. The van der Waals surface area contributed by atoms with Gasteiger partial charge in [0.2, 0.25) is 5.91 Å². The number of nitrogens with one attached hydrogen (secondary N) is 1. The predicted octanol–water partition coefficient (Wildman–Crippen LogP) is 1.17. The Hall–Kier alpha value is -1.10. The molecule has 16 heavy (non-hydrogen) atoms. The molecule has 5 nitrogen and oxygen atoms in total. The van der Waals surface area contributed by atoms with Crippen LogP contribution in [-0.2, 0) is 14.3 Å². The highest BCUT2D eigenvalue weighted by Crippen LogP contribution is 1.95. The lowest BCUT2D eigenvalue weighted by Gasteiger charge is -2.05. The highest BCUT2D eigenvalue weighted by molar-refractivity contribution is 5.76. The van der Waals surface area contributed by atoms with Crippen LogP contribution in [0, 0.1) is 0 Å². The highest BCUT2D eigenvalue weighted by Gasteiger charge is 2.02. The Bertz CT molecular complexity index is 206. The fourth-order valence-electron chi connectivity index (χ4n) is 1.14. The first-order valence-corrected chi connectivity index (χ1v) is 5.73. The number of amides is 1. The van der Waals surface area contributed by atoms with Gasteiger partial charge in [-0.2, -0.15) is 0 Å². The van der Waals surface area contributed by atoms with Gasteiger partial charge in [0.05, 0.1) is 0 Å². The molecule has 0 radical (unpaired) electrons. The van der Waals surface area contributed by atoms with Crippen molar-refractivity contribution in [2.45, 2.75) is 39.0 Å². The average Bonchev–Trinajstić information content (AvgIpc) is 2.22. The summed E-state index contributed by atoms with van der Waals surface area (Å²) in [6.45, 7) is 4.05. The molecule has 94 valence electrons. The van der Waals surface area contributed by atoms with Crippen molar-refractivity contribution in [3.8, 4) is 0 Å². The number of hydrogen-bond donors (Lipinski definition) is 2. The third-order valence-electron chi connectivity index (χ3n) is 1.93. The molecule has 0 aliphatic heterocycles. The van der Waals surface area contributed by atoms with Gasteiger partial charge in [-0.05, 0) is 19.3 Å². The van der Waals surface area contributed by atoms with Crippen molar-refractivity contribution in [1.29, 1.82) is 0 Å². The Kier molecular flexibility index (Phi) is 9.70. The molecule has 0 unspecified atom stereocenters.